The van der Waals surface area contributed by atoms with E-state index in [1.807, 2.05) is 0 Å². The van der Waals surface area contributed by atoms with Crippen molar-refractivity contribution in [3.8, 4) is 0 Å². The molecule has 2 aliphatic rings. The van der Waals surface area contributed by atoms with Crippen molar-refractivity contribution in [2.24, 2.45) is 5.92 Å². The van der Waals surface area contributed by atoms with Crippen LogP contribution in [0.2, 0.25) is 0 Å². The molecule has 1 N–H and O–H groups in total. The number of hydrogen-bond donors (Lipinski definition) is 1. The number of amides is 2. The average molecular weight is 287 g/mol. The van der Waals surface area contributed by atoms with Crippen molar-refractivity contribution in [2.75, 3.05) is 26.6 Å². The molecule has 0 aromatic carbocycles. The average Bonchev–Trinajstić information content (AvgIpc) is 2.35. The van der Waals surface area contributed by atoms with Gasteiger partial charge in [0.2, 0.25) is 12.6 Å². The summed E-state index contributed by atoms with van der Waals surface area (Å²) in [6.07, 6.45) is 2.87. The summed E-state index contributed by atoms with van der Waals surface area (Å²) in [7, 11) is 3.08. The van der Waals surface area contributed by atoms with Crippen molar-refractivity contribution in [3.05, 3.63) is 12.3 Å². The molecule has 3 atom stereocenters. The monoisotopic (exact) mass is 287 g/mol. The van der Waals surface area contributed by atoms with E-state index in [0.717, 1.165) is 0 Å². The molecule has 2 unspecified atom stereocenters. The highest BCUT2D eigenvalue weighted by atomic mass is 32.2. The smallest absolute Gasteiger partial charge is 0.413 e. The Balaban J connectivity index is 2.14. The molecule has 104 valence electrons. The second kappa shape index (κ2) is 4.86. The second-order valence-corrected chi connectivity index (χ2v) is 5.78. The van der Waals surface area contributed by atoms with Crippen LogP contribution in [0.25, 0.3) is 0 Å². The SMILES string of the molecule is CN(C)C(=O)OC[N+]12C=CCS[C@H]1C(C(=O)O)C2=O. The van der Waals surface area contributed by atoms with E-state index in [4.69, 9.17) is 9.84 Å². The van der Waals surface area contributed by atoms with Crippen LogP contribution in [0.4, 0.5) is 4.79 Å². The van der Waals surface area contributed by atoms with E-state index >= 15 is 0 Å². The van der Waals surface area contributed by atoms with Gasteiger partial charge in [0, 0.05) is 19.8 Å². The summed E-state index contributed by atoms with van der Waals surface area (Å²) in [6, 6.07) is 0. The van der Waals surface area contributed by atoms with Crippen molar-refractivity contribution >= 4 is 29.7 Å². The molecule has 1 fully saturated rings. The molecule has 0 aromatic rings. The molecule has 7 nitrogen and oxygen atoms in total. The predicted molar refractivity (Wildman–Crippen MR) is 66.8 cm³/mol. The third-order valence-corrected chi connectivity index (χ3v) is 4.56. The van der Waals surface area contributed by atoms with Gasteiger partial charge in [0.05, 0.1) is 0 Å². The van der Waals surface area contributed by atoms with Gasteiger partial charge in [-0.1, -0.05) is 11.8 Å². The fraction of sp³-hybridized carbons (Fsp3) is 0.545. The lowest BCUT2D eigenvalue weighted by molar-refractivity contribution is -0.866. The van der Waals surface area contributed by atoms with Crippen LogP contribution in [0.15, 0.2) is 12.3 Å². The fourth-order valence-electron chi connectivity index (χ4n) is 2.16. The lowest BCUT2D eigenvalue weighted by Gasteiger charge is -2.49. The summed E-state index contributed by atoms with van der Waals surface area (Å²) in [5.74, 6) is -1.92. The number of thioether (sulfide) groups is 1. The van der Waals surface area contributed by atoms with Crippen LogP contribution in [0.3, 0.4) is 0 Å². The molecule has 0 saturated carbocycles. The Kier molecular flexibility index (Phi) is 3.55. The first-order valence-corrected chi connectivity index (χ1v) is 6.73. The number of rotatable bonds is 3. The Morgan fingerprint density at radius 1 is 1.58 bits per heavy atom. The Morgan fingerprint density at radius 3 is 2.84 bits per heavy atom. The first-order valence-electron chi connectivity index (χ1n) is 5.68. The highest BCUT2D eigenvalue weighted by Crippen LogP contribution is 2.45. The number of β-lactam (4-membered cyclic amide) rings is 1. The van der Waals surface area contributed by atoms with Gasteiger partial charge in [-0.2, -0.15) is 4.48 Å². The molecular weight excluding hydrogens is 272 g/mol. The number of ether oxygens (including phenoxy) is 1. The van der Waals surface area contributed by atoms with Gasteiger partial charge < -0.3 is 14.7 Å². The number of hydrogen-bond acceptors (Lipinski definition) is 5. The van der Waals surface area contributed by atoms with Crippen molar-refractivity contribution in [1.82, 2.24) is 4.90 Å². The Labute approximate surface area is 114 Å². The lowest BCUT2D eigenvalue weighted by Crippen LogP contribution is -2.74. The van der Waals surface area contributed by atoms with Gasteiger partial charge in [0.15, 0.2) is 5.37 Å². The number of carboxylic acids is 1. The number of carbonyl (C=O) groups excluding carboxylic acids is 2. The molecule has 19 heavy (non-hydrogen) atoms. The summed E-state index contributed by atoms with van der Waals surface area (Å²) >= 11 is 1.39. The number of nitrogens with zero attached hydrogens (tertiary/aromatic N) is 2. The molecule has 8 heteroatoms. The van der Waals surface area contributed by atoms with Crippen molar-refractivity contribution in [1.29, 1.82) is 0 Å². The maximum Gasteiger partial charge on any atom is 0.413 e. The van der Waals surface area contributed by atoms with Gasteiger partial charge in [0.25, 0.3) is 0 Å². The van der Waals surface area contributed by atoms with Crippen LogP contribution in [0.5, 0.6) is 0 Å². The van der Waals surface area contributed by atoms with Crippen LogP contribution in [-0.4, -0.2) is 64.4 Å². The molecule has 2 heterocycles. The number of quaternary nitrogens is 1. The number of aliphatic carboxylic acids is 1. The van der Waals surface area contributed by atoms with Crippen LogP contribution < -0.4 is 0 Å². The lowest BCUT2D eigenvalue weighted by atomic mass is 9.95. The van der Waals surface area contributed by atoms with E-state index in [1.165, 1.54) is 16.7 Å². The Hall–Kier alpha value is -1.54. The summed E-state index contributed by atoms with van der Waals surface area (Å²) < 4.78 is 4.83. The molecule has 0 aromatic heterocycles. The minimum Gasteiger partial charge on any atom is -0.480 e. The van der Waals surface area contributed by atoms with Gasteiger partial charge in [0.1, 0.15) is 6.20 Å². The highest BCUT2D eigenvalue weighted by molar-refractivity contribution is 8.00. The first-order chi connectivity index (χ1) is 8.90. The fourth-order valence-corrected chi connectivity index (χ4v) is 3.48. The van der Waals surface area contributed by atoms with Crippen LogP contribution in [-0.2, 0) is 14.3 Å². The molecule has 0 bridgehead atoms. The van der Waals surface area contributed by atoms with Crippen molar-refractivity contribution in [2.45, 2.75) is 5.37 Å². The predicted octanol–water partition coefficient (Wildman–Crippen LogP) is 0.286. The van der Waals surface area contributed by atoms with Crippen molar-refractivity contribution in [3.63, 3.8) is 0 Å². The minimum absolute atomic E-state index is 0.159. The summed E-state index contributed by atoms with van der Waals surface area (Å²) in [4.78, 5) is 35.8. The second-order valence-electron chi connectivity index (χ2n) is 4.63. The normalized spacial score (nSPS) is 32.2. The van der Waals surface area contributed by atoms with E-state index < -0.39 is 29.3 Å². The van der Waals surface area contributed by atoms with Gasteiger partial charge in [-0.05, 0) is 6.08 Å². The summed E-state index contributed by atoms with van der Waals surface area (Å²) in [6.45, 7) is -0.159. The maximum absolute atomic E-state index is 12.1. The highest BCUT2D eigenvalue weighted by Gasteiger charge is 2.68. The standard InChI is InChI=1S/C11H14N2O5S/c1-12(2)11(17)18-6-13-4-3-5-19-9(13)7(8(13)14)10(15)16/h3-4,7,9H,5-6H2,1-2H3/p+1/t7?,9-,13?/m0/s1. The number of fused-ring (bicyclic) bond motifs is 1. The quantitative estimate of drug-likeness (QED) is 0.456. The van der Waals surface area contributed by atoms with Gasteiger partial charge in [-0.3, -0.25) is 4.79 Å². The first kappa shape index (κ1) is 13.9. The van der Waals surface area contributed by atoms with Crippen LogP contribution >= 0.6 is 11.8 Å². The molecule has 0 aliphatic carbocycles. The van der Waals surface area contributed by atoms with Crippen LogP contribution in [0, 0.1) is 5.92 Å². The van der Waals surface area contributed by atoms with E-state index in [1.54, 1.807) is 26.4 Å². The maximum atomic E-state index is 12.1. The minimum atomic E-state index is -1.12. The number of carbonyl (C=O) groups is 3. The molecular formula is C11H15N2O5S+. The van der Waals surface area contributed by atoms with Gasteiger partial charge in [-0.25, -0.2) is 9.59 Å². The molecule has 0 spiro atoms. The zero-order valence-corrected chi connectivity index (χ0v) is 11.4. The van der Waals surface area contributed by atoms with Gasteiger partial charge >= 0.3 is 18.0 Å². The molecule has 2 amide bonds. The topological polar surface area (TPSA) is 83.9 Å². The summed E-state index contributed by atoms with van der Waals surface area (Å²) in [5, 5.41) is 8.63. The Bertz CT molecular complexity index is 464. The van der Waals surface area contributed by atoms with E-state index in [9.17, 15) is 14.4 Å². The van der Waals surface area contributed by atoms with E-state index in [0.29, 0.717) is 5.75 Å². The third-order valence-electron chi connectivity index (χ3n) is 3.18. The van der Waals surface area contributed by atoms with E-state index in [2.05, 4.69) is 0 Å². The molecule has 0 radical (unpaired) electrons. The zero-order chi connectivity index (χ0) is 14.2. The van der Waals surface area contributed by atoms with E-state index in [-0.39, 0.29) is 11.2 Å². The molecule has 2 aliphatic heterocycles. The largest absolute Gasteiger partial charge is 0.480 e. The van der Waals surface area contributed by atoms with Gasteiger partial charge in [-0.15, -0.1) is 0 Å². The Morgan fingerprint density at radius 2 is 2.26 bits per heavy atom. The van der Waals surface area contributed by atoms with Crippen molar-refractivity contribution < 1.29 is 28.7 Å². The third kappa shape index (κ3) is 2.10. The number of carboxylic acid groups (broad SMARTS) is 1. The summed E-state index contributed by atoms with van der Waals surface area (Å²) in [5.41, 5.74) is 0. The molecule has 1 saturated heterocycles. The zero-order valence-electron chi connectivity index (χ0n) is 10.6. The molecule has 2 rings (SSSR count). The van der Waals surface area contributed by atoms with Crippen LogP contribution in [0.1, 0.15) is 0 Å².